The van der Waals surface area contributed by atoms with Gasteiger partial charge in [-0.25, -0.2) is 4.79 Å². The number of aryl methyl sites for hydroxylation is 1. The Hall–Kier alpha value is -3.42. The Bertz CT molecular complexity index is 810. The summed E-state index contributed by atoms with van der Waals surface area (Å²) < 4.78 is 26.0. The molecular formula is C20H23NO7. The van der Waals surface area contributed by atoms with E-state index in [1.165, 1.54) is 21.3 Å². The van der Waals surface area contributed by atoms with E-state index in [-0.39, 0.29) is 6.61 Å². The van der Waals surface area contributed by atoms with E-state index in [1.54, 1.807) is 24.3 Å². The van der Waals surface area contributed by atoms with E-state index in [1.807, 2.05) is 19.1 Å². The molecule has 0 aliphatic heterocycles. The van der Waals surface area contributed by atoms with Gasteiger partial charge in [0.25, 0.3) is 5.91 Å². The van der Waals surface area contributed by atoms with Crippen molar-refractivity contribution in [3.05, 3.63) is 42.0 Å². The number of nitrogens with one attached hydrogen (secondary N) is 1. The molecule has 0 spiro atoms. The minimum absolute atomic E-state index is 0.289. The highest BCUT2D eigenvalue weighted by atomic mass is 16.6. The second-order valence-corrected chi connectivity index (χ2v) is 5.68. The maximum Gasteiger partial charge on any atom is 0.344 e. The third-order valence-corrected chi connectivity index (χ3v) is 3.75. The van der Waals surface area contributed by atoms with Crippen LogP contribution >= 0.6 is 0 Å². The summed E-state index contributed by atoms with van der Waals surface area (Å²) in [6, 6.07) is 10.4. The minimum atomic E-state index is -0.650. The van der Waals surface area contributed by atoms with Gasteiger partial charge in [0.05, 0.1) is 21.3 Å². The monoisotopic (exact) mass is 389 g/mol. The number of rotatable bonds is 9. The molecule has 8 heteroatoms. The molecule has 0 bridgehead atoms. The number of ether oxygens (including phenoxy) is 5. The summed E-state index contributed by atoms with van der Waals surface area (Å²) in [5.74, 6) is 0.604. The maximum atomic E-state index is 12.1. The number of benzene rings is 2. The van der Waals surface area contributed by atoms with E-state index in [0.29, 0.717) is 28.7 Å². The number of carbonyl (C=O) groups excluding carboxylic acids is 2. The molecule has 8 nitrogen and oxygen atoms in total. The Balaban J connectivity index is 1.88. The van der Waals surface area contributed by atoms with Crippen LogP contribution in [0.3, 0.4) is 0 Å². The molecule has 0 atom stereocenters. The van der Waals surface area contributed by atoms with Crippen molar-refractivity contribution in [1.82, 2.24) is 0 Å². The molecule has 1 amide bonds. The maximum absolute atomic E-state index is 12.1. The van der Waals surface area contributed by atoms with Gasteiger partial charge in [-0.3, -0.25) is 4.79 Å². The molecule has 0 aliphatic rings. The molecule has 2 rings (SSSR count). The van der Waals surface area contributed by atoms with Gasteiger partial charge in [0, 0.05) is 17.8 Å². The number of para-hydroxylation sites is 1. The van der Waals surface area contributed by atoms with Gasteiger partial charge in [-0.05, 0) is 18.6 Å². The van der Waals surface area contributed by atoms with Crippen molar-refractivity contribution >= 4 is 17.6 Å². The van der Waals surface area contributed by atoms with Gasteiger partial charge < -0.3 is 29.0 Å². The van der Waals surface area contributed by atoms with Crippen molar-refractivity contribution in [3.63, 3.8) is 0 Å². The molecule has 0 radical (unpaired) electrons. The Morgan fingerprint density at radius 1 is 0.893 bits per heavy atom. The van der Waals surface area contributed by atoms with Gasteiger partial charge in [0.1, 0.15) is 5.75 Å². The van der Waals surface area contributed by atoms with Crippen LogP contribution in [-0.4, -0.2) is 46.4 Å². The molecule has 0 saturated carbocycles. The summed E-state index contributed by atoms with van der Waals surface area (Å²) in [6.07, 6.45) is 0. The van der Waals surface area contributed by atoms with E-state index in [9.17, 15) is 9.59 Å². The van der Waals surface area contributed by atoms with E-state index < -0.39 is 18.5 Å². The number of hydrogen-bond donors (Lipinski definition) is 1. The molecule has 0 fully saturated rings. The fraction of sp³-hybridized carbons (Fsp3) is 0.300. The van der Waals surface area contributed by atoms with Gasteiger partial charge >= 0.3 is 5.97 Å². The van der Waals surface area contributed by atoms with Crippen molar-refractivity contribution in [3.8, 4) is 23.0 Å². The summed E-state index contributed by atoms with van der Waals surface area (Å²) in [5, 5.41) is 2.61. The quantitative estimate of drug-likeness (QED) is 0.659. The van der Waals surface area contributed by atoms with Crippen molar-refractivity contribution in [1.29, 1.82) is 0 Å². The Morgan fingerprint density at radius 3 is 2.11 bits per heavy atom. The normalized spacial score (nSPS) is 10.0. The Morgan fingerprint density at radius 2 is 1.54 bits per heavy atom. The highest BCUT2D eigenvalue weighted by Gasteiger charge is 2.15. The first-order valence-electron chi connectivity index (χ1n) is 8.42. The number of methoxy groups -OCH3 is 3. The summed E-state index contributed by atoms with van der Waals surface area (Å²) in [6.45, 7) is 1.13. The number of carbonyl (C=O) groups is 2. The first-order valence-corrected chi connectivity index (χ1v) is 8.42. The lowest BCUT2D eigenvalue weighted by molar-refractivity contribution is -0.149. The SMILES string of the molecule is COc1cc(NC(=O)COC(=O)COc2ccccc2C)cc(OC)c1OC. The smallest absolute Gasteiger partial charge is 0.344 e. The molecule has 0 aliphatic carbocycles. The molecule has 0 saturated heterocycles. The molecule has 2 aromatic carbocycles. The average molecular weight is 389 g/mol. The summed E-state index contributed by atoms with van der Waals surface area (Å²) in [7, 11) is 4.43. The van der Waals surface area contributed by atoms with Gasteiger partial charge in [0.15, 0.2) is 24.7 Å². The Kier molecular flexibility index (Phi) is 7.50. The van der Waals surface area contributed by atoms with Crippen molar-refractivity contribution in [2.45, 2.75) is 6.92 Å². The Labute approximate surface area is 163 Å². The fourth-order valence-corrected chi connectivity index (χ4v) is 2.39. The van der Waals surface area contributed by atoms with Gasteiger partial charge in [-0.1, -0.05) is 18.2 Å². The third-order valence-electron chi connectivity index (χ3n) is 3.75. The van der Waals surface area contributed by atoms with Crippen LogP contribution in [0.5, 0.6) is 23.0 Å². The highest BCUT2D eigenvalue weighted by molar-refractivity contribution is 5.93. The van der Waals surface area contributed by atoms with Crippen LogP contribution in [0.25, 0.3) is 0 Å². The molecule has 0 aromatic heterocycles. The molecule has 0 unspecified atom stereocenters. The van der Waals surface area contributed by atoms with Crippen LogP contribution in [0.2, 0.25) is 0 Å². The van der Waals surface area contributed by atoms with E-state index >= 15 is 0 Å². The third kappa shape index (κ3) is 5.54. The molecule has 0 heterocycles. The summed E-state index contributed by atoms with van der Waals surface area (Å²) in [4.78, 5) is 23.8. The van der Waals surface area contributed by atoms with Crippen molar-refractivity contribution in [2.24, 2.45) is 0 Å². The number of hydrogen-bond acceptors (Lipinski definition) is 7. The predicted octanol–water partition coefficient (Wildman–Crippen LogP) is 2.58. The second-order valence-electron chi connectivity index (χ2n) is 5.68. The molecule has 2 aromatic rings. The predicted molar refractivity (Wildman–Crippen MR) is 102 cm³/mol. The molecule has 150 valence electrons. The standard InChI is InChI=1S/C20H23NO7/c1-13-7-5-6-8-15(13)27-12-19(23)28-11-18(22)21-14-9-16(24-2)20(26-4)17(10-14)25-3/h5-10H,11-12H2,1-4H3,(H,21,22). The average Bonchev–Trinajstić information content (AvgIpc) is 2.70. The second kappa shape index (κ2) is 10.1. The number of anilines is 1. The largest absolute Gasteiger partial charge is 0.493 e. The van der Waals surface area contributed by atoms with Gasteiger partial charge in [0.2, 0.25) is 5.75 Å². The summed E-state index contributed by atoms with van der Waals surface area (Å²) >= 11 is 0. The van der Waals surface area contributed by atoms with Crippen molar-refractivity contribution in [2.75, 3.05) is 39.9 Å². The van der Waals surface area contributed by atoms with E-state index in [4.69, 9.17) is 23.7 Å². The fourth-order valence-electron chi connectivity index (χ4n) is 2.39. The van der Waals surface area contributed by atoms with Crippen LogP contribution < -0.4 is 24.3 Å². The van der Waals surface area contributed by atoms with Gasteiger partial charge in [-0.15, -0.1) is 0 Å². The lowest BCUT2D eigenvalue weighted by atomic mass is 10.2. The van der Waals surface area contributed by atoms with E-state index in [2.05, 4.69) is 5.32 Å². The van der Waals surface area contributed by atoms with Crippen LogP contribution in [0.4, 0.5) is 5.69 Å². The topological polar surface area (TPSA) is 92.3 Å². The molecule has 1 N–H and O–H groups in total. The van der Waals surface area contributed by atoms with Crippen LogP contribution in [-0.2, 0) is 14.3 Å². The lowest BCUT2D eigenvalue weighted by Gasteiger charge is -2.14. The highest BCUT2D eigenvalue weighted by Crippen LogP contribution is 2.39. The van der Waals surface area contributed by atoms with Crippen LogP contribution in [0.1, 0.15) is 5.56 Å². The first-order chi connectivity index (χ1) is 13.5. The zero-order valence-corrected chi connectivity index (χ0v) is 16.2. The molecule has 28 heavy (non-hydrogen) atoms. The van der Waals surface area contributed by atoms with E-state index in [0.717, 1.165) is 5.56 Å². The summed E-state index contributed by atoms with van der Waals surface area (Å²) in [5.41, 5.74) is 1.31. The number of esters is 1. The van der Waals surface area contributed by atoms with Crippen LogP contribution in [0, 0.1) is 6.92 Å². The van der Waals surface area contributed by atoms with Crippen molar-refractivity contribution < 1.29 is 33.3 Å². The zero-order valence-electron chi connectivity index (χ0n) is 16.2. The van der Waals surface area contributed by atoms with Crippen LogP contribution in [0.15, 0.2) is 36.4 Å². The van der Waals surface area contributed by atoms with Gasteiger partial charge in [-0.2, -0.15) is 0 Å². The zero-order chi connectivity index (χ0) is 20.5. The lowest BCUT2D eigenvalue weighted by Crippen LogP contribution is -2.23. The molecular weight excluding hydrogens is 366 g/mol. The first kappa shape index (κ1) is 20.9. The minimum Gasteiger partial charge on any atom is -0.493 e. The number of amides is 1.